The number of hydrogen-bond donors (Lipinski definition) is 0. The van der Waals surface area contributed by atoms with E-state index < -0.39 is 0 Å². The number of pyridine rings is 1. The second-order valence-electron chi connectivity index (χ2n) is 2.51. The molecule has 0 bridgehead atoms. The highest BCUT2D eigenvalue weighted by atomic mass is 16.5. The zero-order valence-electron chi connectivity index (χ0n) is 6.74. The van der Waals surface area contributed by atoms with Crippen molar-refractivity contribution in [3.8, 4) is 5.75 Å². The number of fused-ring (bicyclic) bond motifs is 1. The molecule has 2 aromatic rings. The molecule has 0 saturated heterocycles. The van der Waals surface area contributed by atoms with E-state index in [9.17, 15) is 0 Å². The summed E-state index contributed by atoms with van der Waals surface area (Å²) in [5, 5.41) is 2.11. The molecule has 59 valence electrons. The largest absolute Gasteiger partial charge is 0.497 e. The van der Waals surface area contributed by atoms with Crippen LogP contribution in [-0.4, -0.2) is 12.1 Å². The van der Waals surface area contributed by atoms with Crippen molar-refractivity contribution in [1.82, 2.24) is 4.98 Å². The van der Waals surface area contributed by atoms with Crippen LogP contribution in [0.4, 0.5) is 0 Å². The molecule has 12 heavy (non-hydrogen) atoms. The number of ether oxygens (including phenoxy) is 1. The highest BCUT2D eigenvalue weighted by molar-refractivity contribution is 5.82. The molecule has 0 aliphatic carbocycles. The number of rotatable bonds is 1. The molecular formula is C10H8NO. The summed E-state index contributed by atoms with van der Waals surface area (Å²) in [5.74, 6) is 0.863. The third-order valence-corrected chi connectivity index (χ3v) is 1.77. The number of aromatic nitrogens is 1. The van der Waals surface area contributed by atoms with E-state index in [1.54, 1.807) is 13.3 Å². The predicted octanol–water partition coefficient (Wildman–Crippen LogP) is 2.04. The normalized spacial score (nSPS) is 10.1. The van der Waals surface area contributed by atoms with Gasteiger partial charge in [-0.2, -0.15) is 0 Å². The molecule has 0 N–H and O–H groups in total. The Balaban J connectivity index is 2.67. The van der Waals surface area contributed by atoms with E-state index >= 15 is 0 Å². The van der Waals surface area contributed by atoms with Crippen LogP contribution in [0.2, 0.25) is 0 Å². The van der Waals surface area contributed by atoms with Gasteiger partial charge >= 0.3 is 0 Å². The first kappa shape index (κ1) is 7.10. The van der Waals surface area contributed by atoms with Crippen molar-refractivity contribution in [2.24, 2.45) is 0 Å². The lowest BCUT2D eigenvalue weighted by molar-refractivity contribution is 0.415. The molecule has 0 saturated carbocycles. The van der Waals surface area contributed by atoms with E-state index in [0.717, 1.165) is 16.5 Å². The first-order valence-corrected chi connectivity index (χ1v) is 3.70. The highest BCUT2D eigenvalue weighted by Gasteiger charge is 1.94. The van der Waals surface area contributed by atoms with Gasteiger partial charge in [-0.1, -0.05) is 0 Å². The zero-order chi connectivity index (χ0) is 8.39. The van der Waals surface area contributed by atoms with Crippen LogP contribution in [0.5, 0.6) is 5.75 Å². The molecule has 2 rings (SSSR count). The lowest BCUT2D eigenvalue weighted by atomic mass is 10.2. The Morgan fingerprint density at radius 2 is 2.25 bits per heavy atom. The van der Waals surface area contributed by atoms with Crippen molar-refractivity contribution < 1.29 is 4.74 Å². The molecular weight excluding hydrogens is 150 g/mol. The number of benzene rings is 1. The SMILES string of the molecule is COc1ccc2[c]nccc2c1. The first-order valence-electron chi connectivity index (χ1n) is 3.70. The summed E-state index contributed by atoms with van der Waals surface area (Å²) in [7, 11) is 1.66. The third kappa shape index (κ3) is 1.11. The summed E-state index contributed by atoms with van der Waals surface area (Å²) < 4.78 is 5.09. The van der Waals surface area contributed by atoms with Gasteiger partial charge in [-0.3, -0.25) is 4.98 Å². The summed E-state index contributed by atoms with van der Waals surface area (Å²) in [6, 6.07) is 7.75. The van der Waals surface area contributed by atoms with E-state index in [2.05, 4.69) is 11.2 Å². The summed E-state index contributed by atoms with van der Waals surface area (Å²) in [4.78, 5) is 3.90. The number of methoxy groups -OCH3 is 1. The van der Waals surface area contributed by atoms with E-state index in [4.69, 9.17) is 4.74 Å². The molecule has 2 heteroatoms. The van der Waals surface area contributed by atoms with Gasteiger partial charge in [-0.05, 0) is 29.7 Å². The van der Waals surface area contributed by atoms with Gasteiger partial charge in [0.2, 0.25) is 0 Å². The minimum Gasteiger partial charge on any atom is -0.497 e. The van der Waals surface area contributed by atoms with Crippen LogP contribution in [-0.2, 0) is 0 Å². The van der Waals surface area contributed by atoms with Crippen molar-refractivity contribution in [1.29, 1.82) is 0 Å². The Hall–Kier alpha value is -1.57. The molecule has 1 heterocycles. The van der Waals surface area contributed by atoms with Crippen LogP contribution in [0.15, 0.2) is 30.5 Å². The van der Waals surface area contributed by atoms with E-state index in [0.29, 0.717) is 0 Å². The summed E-state index contributed by atoms with van der Waals surface area (Å²) >= 11 is 0. The fourth-order valence-electron chi connectivity index (χ4n) is 1.13. The fraction of sp³-hybridized carbons (Fsp3) is 0.100. The molecule has 0 unspecified atom stereocenters. The van der Waals surface area contributed by atoms with Crippen molar-refractivity contribution in [3.05, 3.63) is 36.7 Å². The molecule has 0 spiro atoms. The molecule has 0 amide bonds. The van der Waals surface area contributed by atoms with Crippen LogP contribution in [0.3, 0.4) is 0 Å². The zero-order valence-corrected chi connectivity index (χ0v) is 6.74. The highest BCUT2D eigenvalue weighted by Crippen LogP contribution is 2.18. The van der Waals surface area contributed by atoms with Gasteiger partial charge < -0.3 is 4.74 Å². The lowest BCUT2D eigenvalue weighted by Gasteiger charge is -2.00. The van der Waals surface area contributed by atoms with Gasteiger partial charge in [-0.25, -0.2) is 0 Å². The standard InChI is InChI=1S/C10H8NO/c1-12-10-3-2-9-7-11-5-4-8(9)6-10/h2-6H,1H3. The summed E-state index contributed by atoms with van der Waals surface area (Å²) in [5.41, 5.74) is 0. The predicted molar refractivity (Wildman–Crippen MR) is 47.1 cm³/mol. The van der Waals surface area contributed by atoms with Crippen molar-refractivity contribution in [2.45, 2.75) is 0 Å². The van der Waals surface area contributed by atoms with E-state index in [1.807, 2.05) is 24.3 Å². The van der Waals surface area contributed by atoms with Gasteiger partial charge in [0.05, 0.1) is 13.3 Å². The second kappa shape index (κ2) is 2.81. The molecule has 1 aromatic carbocycles. The Labute approximate surface area is 70.8 Å². The Morgan fingerprint density at radius 1 is 1.33 bits per heavy atom. The maximum Gasteiger partial charge on any atom is 0.119 e. The van der Waals surface area contributed by atoms with E-state index in [-0.39, 0.29) is 0 Å². The van der Waals surface area contributed by atoms with Gasteiger partial charge in [0.15, 0.2) is 0 Å². The van der Waals surface area contributed by atoms with Gasteiger partial charge in [0.25, 0.3) is 0 Å². The van der Waals surface area contributed by atoms with Gasteiger partial charge in [-0.15, -0.1) is 0 Å². The van der Waals surface area contributed by atoms with Crippen LogP contribution in [0, 0.1) is 6.20 Å². The van der Waals surface area contributed by atoms with Crippen molar-refractivity contribution in [3.63, 3.8) is 0 Å². The molecule has 0 fully saturated rings. The van der Waals surface area contributed by atoms with Crippen molar-refractivity contribution in [2.75, 3.05) is 7.11 Å². The smallest absolute Gasteiger partial charge is 0.119 e. The average Bonchev–Trinajstić information content (AvgIpc) is 2.17. The second-order valence-corrected chi connectivity index (χ2v) is 2.51. The Morgan fingerprint density at radius 3 is 3.08 bits per heavy atom. The van der Waals surface area contributed by atoms with Crippen LogP contribution < -0.4 is 4.74 Å². The monoisotopic (exact) mass is 158 g/mol. The maximum atomic E-state index is 5.09. The summed E-state index contributed by atoms with van der Waals surface area (Å²) in [6.45, 7) is 0. The first-order chi connectivity index (χ1) is 5.90. The average molecular weight is 158 g/mol. The van der Waals surface area contributed by atoms with E-state index in [1.165, 1.54) is 0 Å². The maximum absolute atomic E-state index is 5.09. The van der Waals surface area contributed by atoms with Gasteiger partial charge in [0, 0.05) is 11.6 Å². The topological polar surface area (TPSA) is 22.1 Å². The Kier molecular flexibility index (Phi) is 1.67. The molecule has 2 nitrogen and oxygen atoms in total. The minimum absolute atomic E-state index is 0.863. The summed E-state index contributed by atoms with van der Waals surface area (Å²) in [6.07, 6.45) is 4.62. The van der Waals surface area contributed by atoms with Crippen LogP contribution in [0.25, 0.3) is 10.8 Å². The fourth-order valence-corrected chi connectivity index (χ4v) is 1.13. The number of nitrogens with zero attached hydrogens (tertiary/aromatic N) is 1. The molecule has 0 aliphatic rings. The Bertz CT molecular complexity index is 398. The van der Waals surface area contributed by atoms with Crippen molar-refractivity contribution >= 4 is 10.8 Å². The molecule has 1 aromatic heterocycles. The minimum atomic E-state index is 0.863. The lowest BCUT2D eigenvalue weighted by Crippen LogP contribution is -1.82. The molecule has 0 aliphatic heterocycles. The van der Waals surface area contributed by atoms with Crippen LogP contribution >= 0.6 is 0 Å². The van der Waals surface area contributed by atoms with Crippen LogP contribution in [0.1, 0.15) is 0 Å². The number of hydrogen-bond acceptors (Lipinski definition) is 2. The van der Waals surface area contributed by atoms with Gasteiger partial charge in [0.1, 0.15) is 5.75 Å². The molecule has 1 radical (unpaired) electrons. The quantitative estimate of drug-likeness (QED) is 0.633. The third-order valence-electron chi connectivity index (χ3n) is 1.77. The molecule has 0 atom stereocenters.